The van der Waals surface area contributed by atoms with E-state index in [2.05, 4.69) is 4.99 Å². The average molecular weight is 342 g/mol. The Labute approximate surface area is 143 Å². The SMILES string of the molecule is CCN1C(=O)/C(=C\c2ccc(O)cc2)S/C1=N/c1ccc(F)cc1. The van der Waals surface area contributed by atoms with Crippen molar-refractivity contribution in [2.45, 2.75) is 6.92 Å². The third-order valence-electron chi connectivity index (χ3n) is 3.45. The standard InChI is InChI=1S/C18H15FN2O2S/c1-2-21-17(23)16(11-12-3-9-15(22)10-4-12)24-18(21)20-14-7-5-13(19)6-8-14/h3-11,22H,2H2,1H3/b16-11+,20-18+. The number of benzene rings is 2. The number of hydrogen-bond donors (Lipinski definition) is 1. The van der Waals surface area contributed by atoms with E-state index in [4.69, 9.17) is 0 Å². The van der Waals surface area contributed by atoms with Crippen molar-refractivity contribution >= 4 is 34.6 Å². The summed E-state index contributed by atoms with van der Waals surface area (Å²) in [7, 11) is 0. The maximum atomic E-state index is 13.0. The third kappa shape index (κ3) is 3.49. The van der Waals surface area contributed by atoms with Gasteiger partial charge in [-0.25, -0.2) is 9.38 Å². The van der Waals surface area contributed by atoms with Crippen LogP contribution in [0.1, 0.15) is 12.5 Å². The van der Waals surface area contributed by atoms with Crippen LogP contribution in [0.15, 0.2) is 58.4 Å². The summed E-state index contributed by atoms with van der Waals surface area (Å²) < 4.78 is 13.0. The molecule has 3 rings (SSSR count). The number of nitrogens with zero attached hydrogens (tertiary/aromatic N) is 2. The van der Waals surface area contributed by atoms with Crippen LogP contribution in [0.3, 0.4) is 0 Å². The molecule has 2 aromatic carbocycles. The minimum absolute atomic E-state index is 0.114. The summed E-state index contributed by atoms with van der Waals surface area (Å²) in [5.74, 6) is -0.262. The Morgan fingerprint density at radius 2 is 1.83 bits per heavy atom. The van der Waals surface area contributed by atoms with Gasteiger partial charge in [-0.3, -0.25) is 9.69 Å². The smallest absolute Gasteiger partial charge is 0.266 e. The Kier molecular flexibility index (Phi) is 4.66. The van der Waals surface area contributed by atoms with E-state index < -0.39 is 0 Å². The molecular weight excluding hydrogens is 327 g/mol. The topological polar surface area (TPSA) is 52.9 Å². The average Bonchev–Trinajstić information content (AvgIpc) is 2.86. The van der Waals surface area contributed by atoms with Crippen LogP contribution in [0.5, 0.6) is 5.75 Å². The molecule has 0 unspecified atom stereocenters. The highest BCUT2D eigenvalue weighted by molar-refractivity contribution is 8.18. The van der Waals surface area contributed by atoms with E-state index in [1.54, 1.807) is 47.4 Å². The van der Waals surface area contributed by atoms with E-state index in [-0.39, 0.29) is 17.5 Å². The molecule has 0 aliphatic carbocycles. The first-order valence-electron chi connectivity index (χ1n) is 7.41. The molecule has 1 aliphatic heterocycles. The second-order valence-corrected chi connectivity index (χ2v) is 6.13. The quantitative estimate of drug-likeness (QED) is 0.853. The number of carbonyl (C=O) groups is 1. The van der Waals surface area contributed by atoms with Gasteiger partial charge in [-0.05, 0) is 66.7 Å². The molecule has 0 bridgehead atoms. The van der Waals surface area contributed by atoms with Crippen LogP contribution >= 0.6 is 11.8 Å². The van der Waals surface area contributed by atoms with Crippen LogP contribution in [-0.4, -0.2) is 27.6 Å². The highest BCUT2D eigenvalue weighted by atomic mass is 32.2. The molecule has 0 radical (unpaired) electrons. The predicted octanol–water partition coefficient (Wildman–Crippen LogP) is 4.16. The third-order valence-corrected chi connectivity index (χ3v) is 4.45. The maximum absolute atomic E-state index is 13.0. The summed E-state index contributed by atoms with van der Waals surface area (Å²) in [6, 6.07) is 12.4. The lowest BCUT2D eigenvalue weighted by Crippen LogP contribution is -2.28. The number of carbonyl (C=O) groups excluding carboxylic acids is 1. The van der Waals surface area contributed by atoms with Crippen molar-refractivity contribution in [2.24, 2.45) is 4.99 Å². The molecule has 0 saturated carbocycles. The summed E-state index contributed by atoms with van der Waals surface area (Å²) in [5.41, 5.74) is 1.42. The number of amidine groups is 1. The van der Waals surface area contributed by atoms with Crippen molar-refractivity contribution in [3.8, 4) is 5.75 Å². The van der Waals surface area contributed by atoms with Crippen LogP contribution in [0.25, 0.3) is 6.08 Å². The number of phenolic OH excluding ortho intramolecular Hbond substituents is 1. The van der Waals surface area contributed by atoms with E-state index in [9.17, 15) is 14.3 Å². The molecule has 1 amide bonds. The van der Waals surface area contributed by atoms with Crippen LogP contribution in [0, 0.1) is 5.82 Å². The molecule has 4 nitrogen and oxygen atoms in total. The first kappa shape index (κ1) is 16.3. The number of phenols is 1. The van der Waals surface area contributed by atoms with Gasteiger partial charge in [0.05, 0.1) is 10.6 Å². The van der Waals surface area contributed by atoms with Gasteiger partial charge >= 0.3 is 0 Å². The fraction of sp³-hybridized carbons (Fsp3) is 0.111. The Bertz CT molecular complexity index is 814. The zero-order valence-corrected chi connectivity index (χ0v) is 13.8. The summed E-state index contributed by atoms with van der Waals surface area (Å²) in [6.45, 7) is 2.38. The minimum Gasteiger partial charge on any atom is -0.508 e. The fourth-order valence-corrected chi connectivity index (χ4v) is 3.28. The minimum atomic E-state index is -0.325. The van der Waals surface area contributed by atoms with Gasteiger partial charge < -0.3 is 5.11 Å². The lowest BCUT2D eigenvalue weighted by atomic mass is 10.2. The van der Waals surface area contributed by atoms with Gasteiger partial charge in [0, 0.05) is 6.54 Å². The van der Waals surface area contributed by atoms with Gasteiger partial charge in [0.1, 0.15) is 11.6 Å². The Morgan fingerprint density at radius 1 is 1.17 bits per heavy atom. The number of halogens is 1. The van der Waals surface area contributed by atoms with Crippen LogP contribution < -0.4 is 0 Å². The van der Waals surface area contributed by atoms with E-state index in [1.165, 1.54) is 23.9 Å². The molecule has 6 heteroatoms. The van der Waals surface area contributed by atoms with Gasteiger partial charge in [-0.1, -0.05) is 12.1 Å². The van der Waals surface area contributed by atoms with Crippen molar-refractivity contribution in [3.63, 3.8) is 0 Å². The summed E-state index contributed by atoms with van der Waals surface area (Å²) >= 11 is 1.28. The van der Waals surface area contributed by atoms with Crippen molar-refractivity contribution < 1.29 is 14.3 Å². The Hall–Kier alpha value is -2.60. The number of rotatable bonds is 3. The summed E-state index contributed by atoms with van der Waals surface area (Å²) in [6.07, 6.45) is 1.77. The second kappa shape index (κ2) is 6.88. The van der Waals surface area contributed by atoms with Crippen molar-refractivity contribution in [1.29, 1.82) is 0 Å². The molecule has 1 N–H and O–H groups in total. The number of aliphatic imine (C=N–C) groups is 1. The zero-order valence-electron chi connectivity index (χ0n) is 12.9. The molecule has 1 aliphatic rings. The molecule has 1 heterocycles. The molecule has 0 spiro atoms. The molecule has 0 atom stereocenters. The number of aromatic hydroxyl groups is 1. The first-order valence-corrected chi connectivity index (χ1v) is 8.23. The Balaban J connectivity index is 1.91. The molecule has 1 saturated heterocycles. The lowest BCUT2D eigenvalue weighted by molar-refractivity contribution is -0.122. The first-order chi connectivity index (χ1) is 11.6. The van der Waals surface area contributed by atoms with Crippen LogP contribution in [0.2, 0.25) is 0 Å². The van der Waals surface area contributed by atoms with Crippen LogP contribution in [-0.2, 0) is 4.79 Å². The van der Waals surface area contributed by atoms with Gasteiger partial charge in [0.2, 0.25) is 0 Å². The fourth-order valence-electron chi connectivity index (χ4n) is 2.22. The van der Waals surface area contributed by atoms with Gasteiger partial charge in [0.25, 0.3) is 5.91 Å². The molecule has 1 fully saturated rings. The van der Waals surface area contributed by atoms with E-state index in [0.29, 0.717) is 22.3 Å². The molecule has 122 valence electrons. The van der Waals surface area contributed by atoms with E-state index >= 15 is 0 Å². The lowest BCUT2D eigenvalue weighted by Gasteiger charge is -2.11. The maximum Gasteiger partial charge on any atom is 0.266 e. The van der Waals surface area contributed by atoms with E-state index in [0.717, 1.165) is 5.56 Å². The van der Waals surface area contributed by atoms with Crippen molar-refractivity contribution in [3.05, 3.63) is 64.8 Å². The number of hydrogen-bond acceptors (Lipinski definition) is 4. The largest absolute Gasteiger partial charge is 0.508 e. The van der Waals surface area contributed by atoms with Crippen LogP contribution in [0.4, 0.5) is 10.1 Å². The monoisotopic (exact) mass is 342 g/mol. The number of thioether (sulfide) groups is 1. The predicted molar refractivity (Wildman–Crippen MR) is 94.6 cm³/mol. The normalized spacial score (nSPS) is 17.9. The summed E-state index contributed by atoms with van der Waals surface area (Å²) in [5, 5.41) is 9.90. The van der Waals surface area contributed by atoms with Gasteiger partial charge in [-0.2, -0.15) is 0 Å². The Morgan fingerprint density at radius 3 is 2.46 bits per heavy atom. The number of likely N-dealkylation sites (N-methyl/N-ethyl adjacent to an activating group) is 1. The highest BCUT2D eigenvalue weighted by Crippen LogP contribution is 2.34. The molecule has 24 heavy (non-hydrogen) atoms. The molecule has 0 aromatic heterocycles. The molecule has 2 aromatic rings. The zero-order chi connectivity index (χ0) is 17.1. The van der Waals surface area contributed by atoms with Crippen molar-refractivity contribution in [1.82, 2.24) is 4.90 Å². The van der Waals surface area contributed by atoms with Crippen molar-refractivity contribution in [2.75, 3.05) is 6.54 Å². The second-order valence-electron chi connectivity index (χ2n) is 5.12. The van der Waals surface area contributed by atoms with E-state index in [1.807, 2.05) is 6.92 Å². The van der Waals surface area contributed by atoms with Gasteiger partial charge in [0.15, 0.2) is 5.17 Å². The molecular formula is C18H15FN2O2S. The van der Waals surface area contributed by atoms with Gasteiger partial charge in [-0.15, -0.1) is 0 Å². The highest BCUT2D eigenvalue weighted by Gasteiger charge is 2.32. The summed E-state index contributed by atoms with van der Waals surface area (Å²) in [4.78, 5) is 19.1. The number of amides is 1.